The second-order valence-corrected chi connectivity index (χ2v) is 4.70. The van der Waals surface area contributed by atoms with Crippen LogP contribution in [0.2, 0.25) is 0 Å². The highest BCUT2D eigenvalue weighted by molar-refractivity contribution is 7.81. The number of amides is 1. The maximum absolute atomic E-state index is 11.1. The molecule has 0 saturated carbocycles. The predicted octanol–water partition coefficient (Wildman–Crippen LogP) is 2.21. The van der Waals surface area contributed by atoms with E-state index in [-0.39, 0.29) is 11.7 Å². The van der Waals surface area contributed by atoms with Crippen LogP contribution in [-0.4, -0.2) is 25.3 Å². The van der Waals surface area contributed by atoms with Gasteiger partial charge in [0.15, 0.2) is 0 Å². The lowest BCUT2D eigenvalue weighted by Gasteiger charge is -2.16. The Morgan fingerprint density at radius 2 is 2.00 bits per heavy atom. The van der Waals surface area contributed by atoms with Crippen molar-refractivity contribution in [2.24, 2.45) is 0 Å². The number of rotatable bonds is 5. The summed E-state index contributed by atoms with van der Waals surface area (Å²) in [5.74, 6) is 1.13. The van der Waals surface area contributed by atoms with Gasteiger partial charge in [-0.15, -0.1) is 0 Å². The first-order valence-corrected chi connectivity index (χ1v) is 6.65. The molecule has 0 bridgehead atoms. The number of carbonyl (C=O) groups is 1. The molecule has 1 N–H and O–H groups in total. The molecule has 1 aromatic carbocycles. The molecule has 100 valence electrons. The summed E-state index contributed by atoms with van der Waals surface area (Å²) in [6, 6.07) is 2.05. The Kier molecular flexibility index (Phi) is 5.54. The minimum atomic E-state index is -0.0288. The van der Waals surface area contributed by atoms with Gasteiger partial charge < -0.3 is 10.1 Å². The van der Waals surface area contributed by atoms with Crippen molar-refractivity contribution in [2.75, 3.05) is 19.4 Å². The average Bonchev–Trinajstić information content (AvgIpc) is 2.37. The molecule has 18 heavy (non-hydrogen) atoms. The fourth-order valence-electron chi connectivity index (χ4n) is 2.08. The number of hydrogen-bond donors (Lipinski definition) is 2. The monoisotopic (exact) mass is 267 g/mol. The van der Waals surface area contributed by atoms with E-state index in [9.17, 15) is 4.79 Å². The van der Waals surface area contributed by atoms with E-state index in [2.05, 4.69) is 44.8 Å². The van der Waals surface area contributed by atoms with Gasteiger partial charge in [0.25, 0.3) is 0 Å². The van der Waals surface area contributed by atoms with E-state index in [4.69, 9.17) is 4.74 Å². The van der Waals surface area contributed by atoms with Gasteiger partial charge in [0.1, 0.15) is 5.75 Å². The van der Waals surface area contributed by atoms with Crippen LogP contribution in [0.5, 0.6) is 5.75 Å². The van der Waals surface area contributed by atoms with Crippen molar-refractivity contribution in [3.63, 3.8) is 0 Å². The number of aryl methyl sites for hydroxylation is 1. The Hall–Kier alpha value is -1.16. The van der Waals surface area contributed by atoms with Crippen LogP contribution in [0.25, 0.3) is 0 Å². The maximum Gasteiger partial charge on any atom is 0.229 e. The van der Waals surface area contributed by atoms with Crippen molar-refractivity contribution in [3.8, 4) is 5.75 Å². The van der Waals surface area contributed by atoms with Crippen LogP contribution in [0.15, 0.2) is 6.07 Å². The van der Waals surface area contributed by atoms with Gasteiger partial charge in [0.2, 0.25) is 5.91 Å². The zero-order chi connectivity index (χ0) is 13.7. The largest absolute Gasteiger partial charge is 0.496 e. The zero-order valence-corrected chi connectivity index (χ0v) is 12.4. The molecule has 0 radical (unpaired) electrons. The first-order chi connectivity index (χ1) is 8.51. The van der Waals surface area contributed by atoms with Gasteiger partial charge in [-0.25, -0.2) is 0 Å². The van der Waals surface area contributed by atoms with E-state index in [0.29, 0.717) is 6.54 Å². The van der Waals surface area contributed by atoms with E-state index in [1.807, 2.05) is 0 Å². The molecule has 0 spiro atoms. The Morgan fingerprint density at radius 1 is 1.33 bits per heavy atom. The molecule has 1 amide bonds. The van der Waals surface area contributed by atoms with Crippen LogP contribution in [0, 0.1) is 20.8 Å². The Labute approximate surface area is 114 Å². The van der Waals surface area contributed by atoms with Gasteiger partial charge in [-0.05, 0) is 55.5 Å². The summed E-state index contributed by atoms with van der Waals surface area (Å²) >= 11 is 3.93. The average molecular weight is 267 g/mol. The summed E-state index contributed by atoms with van der Waals surface area (Å²) in [5.41, 5.74) is 4.90. The number of methoxy groups -OCH3 is 1. The highest BCUT2D eigenvalue weighted by Crippen LogP contribution is 2.27. The molecule has 0 unspecified atom stereocenters. The molecule has 3 nitrogen and oxygen atoms in total. The van der Waals surface area contributed by atoms with Gasteiger partial charge in [-0.1, -0.05) is 0 Å². The van der Waals surface area contributed by atoms with Gasteiger partial charge in [0.05, 0.1) is 12.9 Å². The van der Waals surface area contributed by atoms with Crippen LogP contribution in [0.4, 0.5) is 0 Å². The van der Waals surface area contributed by atoms with E-state index >= 15 is 0 Å². The van der Waals surface area contributed by atoms with Gasteiger partial charge in [0, 0.05) is 6.54 Å². The minimum absolute atomic E-state index is 0.0288. The van der Waals surface area contributed by atoms with E-state index in [1.165, 1.54) is 22.3 Å². The summed E-state index contributed by atoms with van der Waals surface area (Å²) in [7, 11) is 1.69. The number of carbonyl (C=O) groups excluding carboxylic acids is 1. The molecular formula is C14H21NO2S. The smallest absolute Gasteiger partial charge is 0.229 e. The molecular weight excluding hydrogens is 246 g/mol. The van der Waals surface area contributed by atoms with Crippen LogP contribution in [-0.2, 0) is 11.2 Å². The van der Waals surface area contributed by atoms with Gasteiger partial charge >= 0.3 is 0 Å². The lowest BCUT2D eigenvalue weighted by atomic mass is 9.95. The topological polar surface area (TPSA) is 38.3 Å². The van der Waals surface area contributed by atoms with Crippen LogP contribution in [0.1, 0.15) is 22.3 Å². The predicted molar refractivity (Wildman–Crippen MR) is 77.8 cm³/mol. The lowest BCUT2D eigenvalue weighted by molar-refractivity contribution is -0.118. The highest BCUT2D eigenvalue weighted by atomic mass is 32.1. The summed E-state index contributed by atoms with van der Waals surface area (Å²) < 4.78 is 5.34. The van der Waals surface area contributed by atoms with Crippen molar-refractivity contribution in [2.45, 2.75) is 27.2 Å². The molecule has 0 saturated heterocycles. The molecule has 0 aromatic heterocycles. The molecule has 1 aromatic rings. The van der Waals surface area contributed by atoms with Crippen molar-refractivity contribution < 1.29 is 9.53 Å². The Morgan fingerprint density at radius 3 is 2.56 bits per heavy atom. The SMILES string of the molecule is COc1cc(C)c(CCNC(=O)CS)c(C)c1C. The molecule has 0 aliphatic rings. The van der Waals surface area contributed by atoms with Crippen LogP contribution in [0.3, 0.4) is 0 Å². The molecule has 0 heterocycles. The highest BCUT2D eigenvalue weighted by Gasteiger charge is 2.10. The third-order valence-corrected chi connectivity index (χ3v) is 3.56. The molecule has 0 fully saturated rings. The molecule has 0 atom stereocenters. The second kappa shape index (κ2) is 6.69. The minimum Gasteiger partial charge on any atom is -0.496 e. The quantitative estimate of drug-likeness (QED) is 0.803. The summed E-state index contributed by atoms with van der Waals surface area (Å²) in [5, 5.41) is 2.84. The summed E-state index contributed by atoms with van der Waals surface area (Å²) in [6.45, 7) is 6.88. The fraction of sp³-hybridized carbons (Fsp3) is 0.500. The van der Waals surface area contributed by atoms with E-state index in [1.54, 1.807) is 7.11 Å². The van der Waals surface area contributed by atoms with E-state index < -0.39 is 0 Å². The van der Waals surface area contributed by atoms with Gasteiger partial charge in [-0.2, -0.15) is 12.6 Å². The second-order valence-electron chi connectivity index (χ2n) is 4.38. The van der Waals surface area contributed by atoms with Crippen LogP contribution < -0.4 is 10.1 Å². The maximum atomic E-state index is 11.1. The van der Waals surface area contributed by atoms with Crippen molar-refractivity contribution in [1.82, 2.24) is 5.32 Å². The first-order valence-electron chi connectivity index (χ1n) is 6.02. The number of hydrogen-bond acceptors (Lipinski definition) is 3. The van der Waals surface area contributed by atoms with Crippen molar-refractivity contribution in [3.05, 3.63) is 28.3 Å². The summed E-state index contributed by atoms with van der Waals surface area (Å²) in [4.78, 5) is 11.1. The molecule has 1 rings (SSSR count). The normalized spacial score (nSPS) is 10.3. The lowest BCUT2D eigenvalue weighted by Crippen LogP contribution is -2.27. The number of benzene rings is 1. The first kappa shape index (κ1) is 14.9. The third-order valence-electron chi connectivity index (χ3n) is 3.27. The Bertz CT molecular complexity index is 444. The van der Waals surface area contributed by atoms with Crippen LogP contribution >= 0.6 is 12.6 Å². The summed E-state index contributed by atoms with van der Waals surface area (Å²) in [6.07, 6.45) is 0.835. The number of thiol groups is 1. The number of ether oxygens (including phenoxy) is 1. The Balaban J connectivity index is 2.83. The third kappa shape index (κ3) is 3.42. The van der Waals surface area contributed by atoms with E-state index in [0.717, 1.165) is 12.2 Å². The zero-order valence-electron chi connectivity index (χ0n) is 11.5. The van der Waals surface area contributed by atoms with Gasteiger partial charge in [-0.3, -0.25) is 4.79 Å². The standard InChI is InChI=1S/C14H21NO2S/c1-9-7-13(17-4)11(3)10(2)12(9)5-6-15-14(16)8-18/h7,18H,5-6,8H2,1-4H3,(H,15,16). The van der Waals surface area contributed by atoms with Crippen molar-refractivity contribution >= 4 is 18.5 Å². The molecule has 0 aliphatic heterocycles. The fourth-order valence-corrected chi connectivity index (χ4v) is 2.19. The van der Waals surface area contributed by atoms with Crippen molar-refractivity contribution in [1.29, 1.82) is 0 Å². The number of nitrogens with one attached hydrogen (secondary N) is 1. The molecule has 0 aliphatic carbocycles. The molecule has 4 heteroatoms.